The number of Topliss-reactive ketones (excluding diaryl/α,β-unsaturated/α-hetero) is 1. The minimum atomic E-state index is -0.196. The number of unbranched alkanes of at least 4 members (excludes halogenated alkanes) is 1. The summed E-state index contributed by atoms with van der Waals surface area (Å²) in [7, 11) is 0. The summed E-state index contributed by atoms with van der Waals surface area (Å²) >= 11 is 0. The van der Waals surface area contributed by atoms with E-state index < -0.39 is 0 Å². The van der Waals surface area contributed by atoms with Gasteiger partial charge in [0.05, 0.1) is 31.1 Å². The molecule has 172 valence electrons. The third-order valence-corrected chi connectivity index (χ3v) is 6.56. The highest BCUT2D eigenvalue weighted by atomic mass is 19.1. The predicted octanol–water partition coefficient (Wildman–Crippen LogP) is 4.93. The number of ether oxygens (including phenoxy) is 2. The number of benzene rings is 1. The molecule has 0 bridgehead atoms. The first-order chi connectivity index (χ1) is 15.5. The second kappa shape index (κ2) is 10.4. The average molecular weight is 441 g/mol. The topological polar surface area (TPSA) is 51.7 Å². The lowest BCUT2D eigenvalue weighted by Crippen LogP contribution is -2.30. The number of anilines is 1. The molecule has 2 saturated heterocycles. The first-order valence-corrected chi connectivity index (χ1v) is 11.8. The van der Waals surface area contributed by atoms with E-state index in [0.717, 1.165) is 37.1 Å². The highest BCUT2D eigenvalue weighted by Crippen LogP contribution is 2.29. The number of ketones is 1. The molecule has 2 aliphatic heterocycles. The molecule has 0 saturated carbocycles. The Balaban J connectivity index is 1.32. The van der Waals surface area contributed by atoms with Gasteiger partial charge in [-0.25, -0.2) is 4.39 Å². The number of aryl methyl sites for hydroxylation is 1. The number of nitrogens with zero attached hydrogens (tertiary/aromatic N) is 2. The van der Waals surface area contributed by atoms with Gasteiger partial charge in [0.2, 0.25) is 0 Å². The van der Waals surface area contributed by atoms with Crippen molar-refractivity contribution in [2.45, 2.75) is 58.0 Å². The fourth-order valence-electron chi connectivity index (χ4n) is 4.36. The largest absolute Gasteiger partial charge is 0.489 e. The molecule has 6 heteroatoms. The Morgan fingerprint density at radius 3 is 2.75 bits per heavy atom. The molecule has 32 heavy (non-hydrogen) atoms. The molecule has 2 unspecified atom stereocenters. The number of hydrogen-bond acceptors (Lipinski definition) is 5. The summed E-state index contributed by atoms with van der Waals surface area (Å²) in [6.45, 7) is 6.87. The second-order valence-corrected chi connectivity index (χ2v) is 9.03. The van der Waals surface area contributed by atoms with E-state index >= 15 is 0 Å². The van der Waals surface area contributed by atoms with E-state index in [1.807, 2.05) is 31.2 Å². The SMILES string of the molecule is CCCCc1nccc(N2CCC(Oc3ccc(C(C)C(=O)CC4COC4)cc3)C2)c1F. The van der Waals surface area contributed by atoms with Gasteiger partial charge in [-0.05, 0) is 36.6 Å². The third-order valence-electron chi connectivity index (χ3n) is 6.56. The molecule has 2 aromatic rings. The van der Waals surface area contributed by atoms with Gasteiger partial charge in [0.15, 0.2) is 5.82 Å². The van der Waals surface area contributed by atoms with E-state index in [9.17, 15) is 9.18 Å². The van der Waals surface area contributed by atoms with Crippen LogP contribution in [0.5, 0.6) is 5.75 Å². The van der Waals surface area contributed by atoms with E-state index in [4.69, 9.17) is 9.47 Å². The molecule has 3 heterocycles. The molecule has 0 amide bonds. The van der Waals surface area contributed by atoms with Crippen molar-refractivity contribution in [1.82, 2.24) is 4.98 Å². The Kier molecular flexibility index (Phi) is 7.40. The molecule has 0 N–H and O–H groups in total. The Hall–Kier alpha value is -2.47. The van der Waals surface area contributed by atoms with Gasteiger partial charge in [-0.2, -0.15) is 0 Å². The van der Waals surface area contributed by atoms with Crippen LogP contribution < -0.4 is 9.64 Å². The van der Waals surface area contributed by atoms with Gasteiger partial charge in [0, 0.05) is 37.4 Å². The van der Waals surface area contributed by atoms with Crippen LogP contribution in [0.2, 0.25) is 0 Å². The Morgan fingerprint density at radius 2 is 2.06 bits per heavy atom. The second-order valence-electron chi connectivity index (χ2n) is 9.03. The van der Waals surface area contributed by atoms with Crippen molar-refractivity contribution in [1.29, 1.82) is 0 Å². The van der Waals surface area contributed by atoms with Gasteiger partial charge in [0.25, 0.3) is 0 Å². The minimum absolute atomic E-state index is 0.00480. The normalized spacial score (nSPS) is 19.6. The van der Waals surface area contributed by atoms with E-state index in [1.165, 1.54) is 0 Å². The van der Waals surface area contributed by atoms with Crippen molar-refractivity contribution in [2.75, 3.05) is 31.2 Å². The monoisotopic (exact) mass is 440 g/mol. The third kappa shape index (κ3) is 5.29. The summed E-state index contributed by atoms with van der Waals surface area (Å²) < 4.78 is 26.2. The standard InChI is InChI=1S/C26H33FN2O3/c1-3-4-5-23-26(27)24(10-12-28-23)29-13-11-22(15-29)32-21-8-6-20(7-9-21)18(2)25(30)14-19-16-31-17-19/h6-10,12,18-19,22H,3-5,11,13-17H2,1-2H3. The lowest BCUT2D eigenvalue weighted by molar-refractivity contribution is -0.125. The fraction of sp³-hybridized carbons (Fsp3) is 0.538. The van der Waals surface area contributed by atoms with Gasteiger partial charge < -0.3 is 14.4 Å². The van der Waals surface area contributed by atoms with Gasteiger partial charge in [-0.15, -0.1) is 0 Å². The maximum atomic E-state index is 14.9. The van der Waals surface area contributed by atoms with Crippen molar-refractivity contribution < 1.29 is 18.7 Å². The van der Waals surface area contributed by atoms with E-state index in [2.05, 4.69) is 16.8 Å². The van der Waals surface area contributed by atoms with Crippen LogP contribution in [0, 0.1) is 11.7 Å². The number of pyridine rings is 1. The number of rotatable bonds is 10. The van der Waals surface area contributed by atoms with Crippen LogP contribution in [0.4, 0.5) is 10.1 Å². The number of halogens is 1. The molecule has 5 nitrogen and oxygen atoms in total. The molecule has 2 aliphatic rings. The zero-order valence-corrected chi connectivity index (χ0v) is 19.1. The van der Waals surface area contributed by atoms with Crippen LogP contribution in [0.1, 0.15) is 56.7 Å². The van der Waals surface area contributed by atoms with E-state index in [1.54, 1.807) is 12.3 Å². The van der Waals surface area contributed by atoms with Crippen LogP contribution in [0.15, 0.2) is 36.5 Å². The van der Waals surface area contributed by atoms with Crippen LogP contribution >= 0.6 is 0 Å². The van der Waals surface area contributed by atoms with E-state index in [0.29, 0.717) is 49.9 Å². The van der Waals surface area contributed by atoms with E-state index in [-0.39, 0.29) is 23.6 Å². The molecule has 1 aromatic carbocycles. The molecule has 1 aromatic heterocycles. The zero-order valence-electron chi connectivity index (χ0n) is 19.1. The molecule has 2 atom stereocenters. The number of hydrogen-bond donors (Lipinski definition) is 0. The minimum Gasteiger partial charge on any atom is -0.489 e. The Labute approximate surface area is 189 Å². The summed E-state index contributed by atoms with van der Waals surface area (Å²) in [4.78, 5) is 18.7. The average Bonchev–Trinajstić information content (AvgIpc) is 3.23. The van der Waals surface area contributed by atoms with Crippen LogP contribution in [-0.4, -0.2) is 43.2 Å². The summed E-state index contributed by atoms with van der Waals surface area (Å²) in [5.74, 6) is 1.11. The maximum Gasteiger partial charge on any atom is 0.167 e. The summed E-state index contributed by atoms with van der Waals surface area (Å²) in [5.41, 5.74) is 2.18. The highest BCUT2D eigenvalue weighted by molar-refractivity contribution is 5.85. The molecule has 0 spiro atoms. The summed E-state index contributed by atoms with van der Waals surface area (Å²) in [5, 5.41) is 0. The summed E-state index contributed by atoms with van der Waals surface area (Å²) in [6, 6.07) is 9.58. The molecule has 2 fully saturated rings. The Bertz CT molecular complexity index is 914. The van der Waals surface area contributed by atoms with Crippen LogP contribution in [0.3, 0.4) is 0 Å². The highest BCUT2D eigenvalue weighted by Gasteiger charge is 2.28. The van der Waals surface area contributed by atoms with Crippen molar-refractivity contribution in [3.63, 3.8) is 0 Å². The molecular weight excluding hydrogens is 407 g/mol. The van der Waals surface area contributed by atoms with Gasteiger partial charge in [-0.1, -0.05) is 32.4 Å². The number of aromatic nitrogens is 1. The molecular formula is C26H33FN2O3. The smallest absolute Gasteiger partial charge is 0.167 e. The summed E-state index contributed by atoms with van der Waals surface area (Å²) in [6.07, 6.45) is 5.77. The van der Waals surface area contributed by atoms with Gasteiger partial charge in [-0.3, -0.25) is 9.78 Å². The predicted molar refractivity (Wildman–Crippen MR) is 123 cm³/mol. The van der Waals surface area contributed by atoms with Crippen molar-refractivity contribution in [2.24, 2.45) is 5.92 Å². The fourth-order valence-corrected chi connectivity index (χ4v) is 4.36. The zero-order chi connectivity index (χ0) is 22.5. The van der Waals surface area contributed by atoms with Crippen LogP contribution in [0.25, 0.3) is 0 Å². The number of carbonyl (C=O) groups excluding carboxylic acids is 1. The van der Waals surface area contributed by atoms with Crippen LogP contribution in [-0.2, 0) is 16.0 Å². The first-order valence-electron chi connectivity index (χ1n) is 11.8. The quantitative estimate of drug-likeness (QED) is 0.524. The van der Waals surface area contributed by atoms with Gasteiger partial charge in [0.1, 0.15) is 17.6 Å². The Morgan fingerprint density at radius 1 is 1.28 bits per heavy atom. The molecule has 0 aliphatic carbocycles. The lowest BCUT2D eigenvalue weighted by atomic mass is 9.90. The number of carbonyl (C=O) groups is 1. The molecule has 4 rings (SSSR count). The van der Waals surface area contributed by atoms with Gasteiger partial charge >= 0.3 is 0 Å². The maximum absolute atomic E-state index is 14.9. The lowest BCUT2D eigenvalue weighted by Gasteiger charge is -2.26. The van der Waals surface area contributed by atoms with Crippen molar-refractivity contribution >= 4 is 11.5 Å². The van der Waals surface area contributed by atoms with Crippen molar-refractivity contribution in [3.8, 4) is 5.75 Å². The molecule has 0 radical (unpaired) electrons. The first kappa shape index (κ1) is 22.7. The van der Waals surface area contributed by atoms with Crippen molar-refractivity contribution in [3.05, 3.63) is 53.6 Å².